The molecule has 0 heterocycles. The maximum atomic E-state index is 12.4. The molecule has 0 saturated carbocycles. The van der Waals surface area contributed by atoms with Gasteiger partial charge in [0.05, 0.1) is 17.8 Å². The van der Waals surface area contributed by atoms with Gasteiger partial charge in [-0.2, -0.15) is 0 Å². The van der Waals surface area contributed by atoms with Crippen LogP contribution in [-0.4, -0.2) is 21.4 Å². The molecule has 3 aromatic rings. The Morgan fingerprint density at radius 3 is 2.30 bits per heavy atom. The highest BCUT2D eigenvalue weighted by molar-refractivity contribution is 7.90. The molecule has 138 valence electrons. The summed E-state index contributed by atoms with van der Waals surface area (Å²) in [7, 11) is -1.86. The van der Waals surface area contributed by atoms with Crippen molar-refractivity contribution in [3.05, 3.63) is 90.0 Å². The molecule has 0 atom stereocenters. The monoisotopic (exact) mass is 381 g/mol. The Labute approximate surface area is 158 Å². The van der Waals surface area contributed by atoms with Crippen molar-refractivity contribution in [3.8, 4) is 5.75 Å². The summed E-state index contributed by atoms with van der Waals surface area (Å²) in [4.78, 5) is 12.6. The molecule has 3 rings (SSSR count). The molecular formula is C21H19NO4S. The number of hydrogen-bond donors (Lipinski definition) is 1. The van der Waals surface area contributed by atoms with Crippen LogP contribution in [-0.2, 0) is 15.6 Å². The molecule has 0 radical (unpaired) electrons. The van der Waals surface area contributed by atoms with Crippen molar-refractivity contribution in [2.75, 3.05) is 12.4 Å². The molecule has 5 nitrogen and oxygen atoms in total. The average Bonchev–Trinajstić information content (AvgIpc) is 2.69. The fourth-order valence-electron chi connectivity index (χ4n) is 2.59. The van der Waals surface area contributed by atoms with Crippen molar-refractivity contribution >= 4 is 21.4 Å². The van der Waals surface area contributed by atoms with Crippen LogP contribution in [0.5, 0.6) is 5.75 Å². The summed E-state index contributed by atoms with van der Waals surface area (Å²) in [6, 6.07) is 21.9. The second-order valence-electron chi connectivity index (χ2n) is 5.96. The number of rotatable bonds is 6. The van der Waals surface area contributed by atoms with E-state index in [9.17, 15) is 13.2 Å². The van der Waals surface area contributed by atoms with Crippen LogP contribution in [0.1, 0.15) is 15.9 Å². The van der Waals surface area contributed by atoms with Gasteiger partial charge in [0.25, 0.3) is 5.91 Å². The second kappa shape index (κ2) is 8.05. The normalized spacial score (nSPS) is 11.0. The number of carbonyl (C=O) groups is 1. The maximum Gasteiger partial charge on any atom is 0.255 e. The average molecular weight is 381 g/mol. The number of anilines is 1. The first kappa shape index (κ1) is 18.7. The Kier molecular flexibility index (Phi) is 5.57. The highest BCUT2D eigenvalue weighted by Gasteiger charge is 2.15. The molecule has 0 saturated heterocycles. The summed E-state index contributed by atoms with van der Waals surface area (Å²) in [5.41, 5.74) is 1.69. The molecular weight excluding hydrogens is 362 g/mol. The van der Waals surface area contributed by atoms with E-state index in [1.165, 1.54) is 0 Å². The van der Waals surface area contributed by atoms with Gasteiger partial charge in [0.15, 0.2) is 9.84 Å². The zero-order valence-electron chi connectivity index (χ0n) is 14.8. The van der Waals surface area contributed by atoms with Crippen LogP contribution < -0.4 is 10.1 Å². The third-order valence-electron chi connectivity index (χ3n) is 4.00. The first-order valence-corrected chi connectivity index (χ1v) is 9.95. The molecule has 1 amide bonds. The first-order chi connectivity index (χ1) is 13.0. The minimum absolute atomic E-state index is 0.116. The molecule has 0 aliphatic heterocycles. The highest BCUT2D eigenvalue weighted by atomic mass is 32.2. The van der Waals surface area contributed by atoms with Crippen molar-refractivity contribution < 1.29 is 17.9 Å². The van der Waals surface area contributed by atoms with Gasteiger partial charge in [-0.25, -0.2) is 8.42 Å². The number of carbonyl (C=O) groups excluding carboxylic acids is 1. The molecule has 27 heavy (non-hydrogen) atoms. The van der Waals surface area contributed by atoms with E-state index in [-0.39, 0.29) is 16.6 Å². The number of benzene rings is 3. The Morgan fingerprint density at radius 2 is 1.63 bits per heavy atom. The molecule has 0 aliphatic rings. The summed E-state index contributed by atoms with van der Waals surface area (Å²) in [6.45, 7) is 0. The lowest BCUT2D eigenvalue weighted by Crippen LogP contribution is -2.12. The third kappa shape index (κ3) is 4.74. The lowest BCUT2D eigenvalue weighted by Gasteiger charge is -2.08. The Hall–Kier alpha value is -3.12. The summed E-state index contributed by atoms with van der Waals surface area (Å²) in [6.07, 6.45) is 0. The minimum atomic E-state index is -3.42. The van der Waals surface area contributed by atoms with E-state index in [0.29, 0.717) is 22.6 Å². The van der Waals surface area contributed by atoms with Gasteiger partial charge in [0, 0.05) is 17.3 Å². The number of hydrogen-bond acceptors (Lipinski definition) is 4. The van der Waals surface area contributed by atoms with Crippen LogP contribution in [0.2, 0.25) is 0 Å². The van der Waals surface area contributed by atoms with Crippen LogP contribution >= 0.6 is 0 Å². The molecule has 0 aliphatic carbocycles. The molecule has 0 aromatic heterocycles. The molecule has 0 spiro atoms. The van der Waals surface area contributed by atoms with Crippen molar-refractivity contribution in [1.29, 1.82) is 0 Å². The summed E-state index contributed by atoms with van der Waals surface area (Å²) < 4.78 is 30.0. The molecule has 0 unspecified atom stereocenters. The van der Waals surface area contributed by atoms with Crippen molar-refractivity contribution in [1.82, 2.24) is 0 Å². The quantitative estimate of drug-likeness (QED) is 0.702. The Bertz CT molecular complexity index is 1030. The largest absolute Gasteiger partial charge is 0.497 e. The van der Waals surface area contributed by atoms with Crippen molar-refractivity contribution in [2.24, 2.45) is 0 Å². The molecule has 1 N–H and O–H groups in total. The minimum Gasteiger partial charge on any atom is -0.497 e. The van der Waals surface area contributed by atoms with E-state index in [2.05, 4.69) is 5.32 Å². The van der Waals surface area contributed by atoms with Crippen LogP contribution in [0.15, 0.2) is 83.8 Å². The summed E-state index contributed by atoms with van der Waals surface area (Å²) in [5, 5.41) is 2.79. The van der Waals surface area contributed by atoms with Gasteiger partial charge in [0.1, 0.15) is 5.75 Å². The molecule has 0 fully saturated rings. The highest BCUT2D eigenvalue weighted by Crippen LogP contribution is 2.19. The second-order valence-corrected chi connectivity index (χ2v) is 7.94. The van der Waals surface area contributed by atoms with E-state index in [4.69, 9.17) is 4.74 Å². The van der Waals surface area contributed by atoms with Gasteiger partial charge in [-0.05, 0) is 42.0 Å². The van der Waals surface area contributed by atoms with Gasteiger partial charge < -0.3 is 10.1 Å². The standard InChI is InChI=1S/C21H19NO4S/c1-26-19-7-5-6-18(14-19)22-21(23)17-12-10-16(11-13-17)15-27(24,25)20-8-3-2-4-9-20/h2-14H,15H2,1H3,(H,22,23). The molecule has 6 heteroatoms. The van der Waals surface area contributed by atoms with Gasteiger partial charge in [-0.15, -0.1) is 0 Å². The fraction of sp³-hybridized carbons (Fsp3) is 0.0952. The molecule has 0 bridgehead atoms. The number of sulfone groups is 1. The molecule has 3 aromatic carbocycles. The predicted molar refractivity (Wildman–Crippen MR) is 105 cm³/mol. The van der Waals surface area contributed by atoms with Crippen molar-refractivity contribution in [3.63, 3.8) is 0 Å². The van der Waals surface area contributed by atoms with Gasteiger partial charge in [-0.3, -0.25) is 4.79 Å². The lowest BCUT2D eigenvalue weighted by atomic mass is 10.1. The lowest BCUT2D eigenvalue weighted by molar-refractivity contribution is 0.102. The van der Waals surface area contributed by atoms with E-state index in [1.807, 2.05) is 0 Å². The van der Waals surface area contributed by atoms with Gasteiger partial charge in [0.2, 0.25) is 0 Å². The number of methoxy groups -OCH3 is 1. The summed E-state index contributed by atoms with van der Waals surface area (Å²) >= 11 is 0. The third-order valence-corrected chi connectivity index (χ3v) is 5.71. The predicted octanol–water partition coefficient (Wildman–Crippen LogP) is 3.92. The Balaban J connectivity index is 1.70. The number of ether oxygens (including phenoxy) is 1. The van der Waals surface area contributed by atoms with Crippen molar-refractivity contribution in [2.45, 2.75) is 10.6 Å². The number of amides is 1. The maximum absolute atomic E-state index is 12.4. The first-order valence-electron chi connectivity index (χ1n) is 8.30. The fourth-order valence-corrected chi connectivity index (χ4v) is 3.96. The van der Waals surface area contributed by atoms with Crippen LogP contribution in [0, 0.1) is 0 Å². The SMILES string of the molecule is COc1cccc(NC(=O)c2ccc(CS(=O)(=O)c3ccccc3)cc2)c1. The summed E-state index contributed by atoms with van der Waals surface area (Å²) in [5.74, 6) is 0.254. The van der Waals surface area contributed by atoms with Gasteiger partial charge in [-0.1, -0.05) is 36.4 Å². The van der Waals surface area contributed by atoms with Gasteiger partial charge >= 0.3 is 0 Å². The van der Waals surface area contributed by atoms with E-state index >= 15 is 0 Å². The van der Waals surface area contributed by atoms with E-state index < -0.39 is 9.84 Å². The van der Waals surface area contributed by atoms with Crippen LogP contribution in [0.25, 0.3) is 0 Å². The van der Waals surface area contributed by atoms with E-state index in [1.54, 1.807) is 86.0 Å². The topological polar surface area (TPSA) is 72.5 Å². The van der Waals surface area contributed by atoms with Crippen LogP contribution in [0.4, 0.5) is 5.69 Å². The van der Waals surface area contributed by atoms with Crippen LogP contribution in [0.3, 0.4) is 0 Å². The smallest absolute Gasteiger partial charge is 0.255 e. The van der Waals surface area contributed by atoms with E-state index in [0.717, 1.165) is 0 Å². The Morgan fingerprint density at radius 1 is 0.926 bits per heavy atom. The zero-order chi connectivity index (χ0) is 19.3. The number of nitrogens with one attached hydrogen (secondary N) is 1. The zero-order valence-corrected chi connectivity index (χ0v) is 15.6.